The zero-order valence-corrected chi connectivity index (χ0v) is 11.7. The Morgan fingerprint density at radius 2 is 1.91 bits per heavy atom. The number of nitrogens with zero attached hydrogens (tertiary/aromatic N) is 2. The number of hydrogen-bond donors (Lipinski definition) is 2. The Kier molecular flexibility index (Phi) is 3.68. The van der Waals surface area contributed by atoms with Gasteiger partial charge in [-0.3, -0.25) is 4.79 Å². The summed E-state index contributed by atoms with van der Waals surface area (Å²) in [4.78, 5) is 22.6. The summed E-state index contributed by atoms with van der Waals surface area (Å²) >= 11 is 0. The van der Waals surface area contributed by atoms with E-state index in [1.807, 2.05) is 0 Å². The first-order valence-electron chi connectivity index (χ1n) is 6.60. The summed E-state index contributed by atoms with van der Waals surface area (Å²) in [5.74, 6) is -1.94. The topological polar surface area (TPSA) is 91.1 Å². The molecule has 0 aromatic heterocycles. The van der Waals surface area contributed by atoms with Crippen LogP contribution in [0.5, 0.6) is 0 Å². The highest BCUT2D eigenvalue weighted by molar-refractivity contribution is 6.53. The van der Waals surface area contributed by atoms with Crippen LogP contribution >= 0.6 is 0 Å². The molecule has 7 heteroatoms. The molecule has 114 valence electrons. The van der Waals surface area contributed by atoms with Crippen molar-refractivity contribution in [1.82, 2.24) is 0 Å². The molecule has 0 atom stereocenters. The lowest BCUT2D eigenvalue weighted by Crippen LogP contribution is -2.13. The lowest BCUT2D eigenvalue weighted by Gasteiger charge is -1.96. The van der Waals surface area contributed by atoms with Gasteiger partial charge in [0.1, 0.15) is 5.82 Å². The van der Waals surface area contributed by atoms with E-state index in [2.05, 4.69) is 15.5 Å². The van der Waals surface area contributed by atoms with Crippen molar-refractivity contribution in [3.05, 3.63) is 65.0 Å². The van der Waals surface area contributed by atoms with E-state index in [1.165, 1.54) is 36.5 Å². The number of carbonyl (C=O) groups is 2. The Balaban J connectivity index is 1.84. The molecule has 0 fully saturated rings. The molecule has 0 saturated carbocycles. The van der Waals surface area contributed by atoms with Gasteiger partial charge in [-0.05, 0) is 35.9 Å². The van der Waals surface area contributed by atoms with E-state index in [1.54, 1.807) is 12.1 Å². The van der Waals surface area contributed by atoms with E-state index in [4.69, 9.17) is 5.11 Å². The number of rotatable bonds is 3. The van der Waals surface area contributed by atoms with Crippen molar-refractivity contribution in [2.75, 3.05) is 5.32 Å². The fraction of sp³-hybridized carbons (Fsp3) is 0. The highest BCUT2D eigenvalue weighted by Gasteiger charge is 2.26. The van der Waals surface area contributed by atoms with Gasteiger partial charge in [-0.25, -0.2) is 9.18 Å². The van der Waals surface area contributed by atoms with Crippen LogP contribution in [0.4, 0.5) is 10.1 Å². The van der Waals surface area contributed by atoms with Crippen molar-refractivity contribution in [3.8, 4) is 0 Å². The third-order valence-corrected chi connectivity index (χ3v) is 3.22. The second-order valence-corrected chi connectivity index (χ2v) is 4.76. The van der Waals surface area contributed by atoms with Gasteiger partial charge in [-0.15, -0.1) is 5.10 Å². The SMILES string of the molecule is O=C1Nc2ccc(F)cc2C1=NN=Cc1ccc(C(=O)O)cc1. The Labute approximate surface area is 130 Å². The van der Waals surface area contributed by atoms with E-state index >= 15 is 0 Å². The average Bonchev–Trinajstić information content (AvgIpc) is 2.83. The van der Waals surface area contributed by atoms with Crippen LogP contribution < -0.4 is 5.32 Å². The van der Waals surface area contributed by atoms with Gasteiger partial charge in [0.15, 0.2) is 5.71 Å². The van der Waals surface area contributed by atoms with Gasteiger partial charge in [0.05, 0.1) is 17.5 Å². The van der Waals surface area contributed by atoms with Gasteiger partial charge >= 0.3 is 5.97 Å². The van der Waals surface area contributed by atoms with Crippen LogP contribution in [0.1, 0.15) is 21.5 Å². The summed E-state index contributed by atoms with van der Waals surface area (Å²) in [5.41, 5.74) is 1.65. The summed E-state index contributed by atoms with van der Waals surface area (Å²) in [6, 6.07) is 9.91. The predicted molar refractivity (Wildman–Crippen MR) is 82.6 cm³/mol. The molecule has 2 N–H and O–H groups in total. The normalized spacial score (nSPS) is 15.0. The Morgan fingerprint density at radius 3 is 2.61 bits per heavy atom. The molecule has 1 aliphatic rings. The second-order valence-electron chi connectivity index (χ2n) is 4.76. The third kappa shape index (κ3) is 2.98. The van der Waals surface area contributed by atoms with Crippen molar-refractivity contribution in [2.45, 2.75) is 0 Å². The summed E-state index contributed by atoms with van der Waals surface area (Å²) in [6.07, 6.45) is 1.38. The summed E-state index contributed by atoms with van der Waals surface area (Å²) in [6.45, 7) is 0. The van der Waals surface area contributed by atoms with Crippen LogP contribution in [0.2, 0.25) is 0 Å². The monoisotopic (exact) mass is 311 g/mol. The van der Waals surface area contributed by atoms with Crippen molar-refractivity contribution in [3.63, 3.8) is 0 Å². The number of halogens is 1. The molecule has 0 bridgehead atoms. The summed E-state index contributed by atoms with van der Waals surface area (Å²) in [7, 11) is 0. The number of carboxylic acid groups (broad SMARTS) is 1. The smallest absolute Gasteiger partial charge is 0.335 e. The van der Waals surface area contributed by atoms with E-state index in [0.29, 0.717) is 16.8 Å². The molecular weight excluding hydrogens is 301 g/mol. The molecule has 6 nitrogen and oxygen atoms in total. The van der Waals surface area contributed by atoms with Crippen molar-refractivity contribution >= 4 is 29.5 Å². The van der Waals surface area contributed by atoms with Crippen molar-refractivity contribution < 1.29 is 19.1 Å². The average molecular weight is 311 g/mol. The van der Waals surface area contributed by atoms with Gasteiger partial charge in [-0.1, -0.05) is 12.1 Å². The molecule has 0 aliphatic carbocycles. The first kappa shape index (κ1) is 14.6. The standard InChI is InChI=1S/C16H10FN3O3/c17-11-5-6-13-12(7-11)14(15(21)19-13)20-18-8-9-1-3-10(4-2-9)16(22)23/h1-8H,(H,22,23)(H,19,20,21). The zero-order valence-electron chi connectivity index (χ0n) is 11.7. The Morgan fingerprint density at radius 1 is 1.17 bits per heavy atom. The summed E-state index contributed by atoms with van der Waals surface area (Å²) < 4.78 is 13.3. The van der Waals surface area contributed by atoms with Gasteiger partial charge in [0, 0.05) is 5.56 Å². The Hall–Kier alpha value is -3.35. The molecule has 0 saturated heterocycles. The van der Waals surface area contributed by atoms with Gasteiger partial charge in [0.25, 0.3) is 5.91 Å². The molecule has 0 spiro atoms. The number of amides is 1. The molecule has 23 heavy (non-hydrogen) atoms. The fourth-order valence-electron chi connectivity index (χ4n) is 2.09. The fourth-order valence-corrected chi connectivity index (χ4v) is 2.09. The lowest BCUT2D eigenvalue weighted by molar-refractivity contribution is -0.110. The summed E-state index contributed by atoms with van der Waals surface area (Å²) in [5, 5.41) is 19.0. The second kappa shape index (κ2) is 5.80. The van der Waals surface area contributed by atoms with Crippen molar-refractivity contribution in [1.29, 1.82) is 0 Å². The quantitative estimate of drug-likeness (QED) is 0.673. The van der Waals surface area contributed by atoms with E-state index in [0.717, 1.165) is 0 Å². The van der Waals surface area contributed by atoms with Gasteiger partial charge < -0.3 is 10.4 Å². The number of nitrogens with one attached hydrogen (secondary N) is 1. The van der Waals surface area contributed by atoms with E-state index in [-0.39, 0.29) is 11.3 Å². The molecular formula is C16H10FN3O3. The van der Waals surface area contributed by atoms with Crippen LogP contribution in [-0.4, -0.2) is 28.9 Å². The number of aromatic carboxylic acids is 1. The molecule has 0 radical (unpaired) electrons. The molecule has 1 amide bonds. The molecule has 1 heterocycles. The highest BCUT2D eigenvalue weighted by atomic mass is 19.1. The number of anilines is 1. The van der Waals surface area contributed by atoms with E-state index < -0.39 is 17.7 Å². The van der Waals surface area contributed by atoms with Gasteiger partial charge in [-0.2, -0.15) is 5.10 Å². The van der Waals surface area contributed by atoms with Gasteiger partial charge in [0.2, 0.25) is 0 Å². The Bertz CT molecular complexity index is 857. The largest absolute Gasteiger partial charge is 0.478 e. The lowest BCUT2D eigenvalue weighted by atomic mass is 10.1. The molecule has 0 unspecified atom stereocenters. The molecule has 2 aromatic carbocycles. The van der Waals surface area contributed by atoms with Crippen LogP contribution in [0, 0.1) is 5.82 Å². The van der Waals surface area contributed by atoms with Crippen LogP contribution in [0.25, 0.3) is 0 Å². The predicted octanol–water partition coefficient (Wildman–Crippen LogP) is 2.30. The number of carboxylic acids is 1. The van der Waals surface area contributed by atoms with Crippen LogP contribution in [0.15, 0.2) is 52.7 Å². The minimum absolute atomic E-state index is 0.0258. The first-order valence-corrected chi connectivity index (χ1v) is 6.60. The minimum atomic E-state index is -1.02. The highest BCUT2D eigenvalue weighted by Crippen LogP contribution is 2.24. The molecule has 2 aromatic rings. The minimum Gasteiger partial charge on any atom is -0.478 e. The molecule has 1 aliphatic heterocycles. The zero-order chi connectivity index (χ0) is 16.4. The van der Waals surface area contributed by atoms with E-state index in [9.17, 15) is 14.0 Å². The van der Waals surface area contributed by atoms with Crippen LogP contribution in [-0.2, 0) is 4.79 Å². The van der Waals surface area contributed by atoms with Crippen molar-refractivity contribution in [2.24, 2.45) is 10.2 Å². The van der Waals surface area contributed by atoms with Crippen LogP contribution in [0.3, 0.4) is 0 Å². The number of hydrogen-bond acceptors (Lipinski definition) is 4. The third-order valence-electron chi connectivity index (χ3n) is 3.22. The maximum Gasteiger partial charge on any atom is 0.335 e. The number of benzene rings is 2. The number of carbonyl (C=O) groups excluding carboxylic acids is 1. The molecule has 3 rings (SSSR count). The maximum absolute atomic E-state index is 13.3. The number of fused-ring (bicyclic) bond motifs is 1. The first-order chi connectivity index (χ1) is 11.0. The maximum atomic E-state index is 13.3.